The smallest absolute Gasteiger partial charge is 0.153 e. The highest BCUT2D eigenvalue weighted by Crippen LogP contribution is 2.33. The maximum Gasteiger partial charge on any atom is 0.153 e. The number of hydrogen-bond acceptors (Lipinski definition) is 4. The van der Waals surface area contributed by atoms with Crippen molar-refractivity contribution < 1.29 is 4.74 Å². The van der Waals surface area contributed by atoms with Crippen molar-refractivity contribution in [2.45, 2.75) is 40.5 Å². The molecule has 2 N–H and O–H groups in total. The van der Waals surface area contributed by atoms with Crippen LogP contribution in [0.25, 0.3) is 16.8 Å². The summed E-state index contributed by atoms with van der Waals surface area (Å²) in [6.07, 6.45) is 3.74. The number of hydrogen-bond donors (Lipinski definition) is 2. The third-order valence-electron chi connectivity index (χ3n) is 4.32. The van der Waals surface area contributed by atoms with E-state index in [1.54, 1.807) is 0 Å². The standard InChI is InChI=1S/C22H28N4O/c1-6-10-27-20-9-8-17-18(16(20)7-2)13-21(23-19(17)11-14(3)4)24-22-12-15(5)25-26-22/h7-9,12-14H,2,6,10-11H2,1,3-5H3,(H2,23,24,25,26). The van der Waals surface area contributed by atoms with E-state index < -0.39 is 0 Å². The lowest BCUT2D eigenvalue weighted by molar-refractivity contribution is 0.317. The number of nitrogens with one attached hydrogen (secondary N) is 2. The summed E-state index contributed by atoms with van der Waals surface area (Å²) in [6, 6.07) is 8.16. The maximum absolute atomic E-state index is 5.94. The van der Waals surface area contributed by atoms with Crippen LogP contribution in [0.5, 0.6) is 5.75 Å². The highest BCUT2D eigenvalue weighted by atomic mass is 16.5. The van der Waals surface area contributed by atoms with Gasteiger partial charge in [0, 0.05) is 22.7 Å². The molecule has 0 unspecified atom stereocenters. The van der Waals surface area contributed by atoms with E-state index in [0.717, 1.165) is 58.0 Å². The molecule has 0 spiro atoms. The number of aromatic nitrogens is 3. The number of H-pyrrole nitrogens is 1. The van der Waals surface area contributed by atoms with Crippen molar-refractivity contribution in [3.63, 3.8) is 0 Å². The van der Waals surface area contributed by atoms with Crippen LogP contribution in [0.4, 0.5) is 11.6 Å². The first-order valence-corrected chi connectivity index (χ1v) is 9.52. The number of ether oxygens (including phenoxy) is 1. The molecule has 3 rings (SSSR count). The number of anilines is 2. The van der Waals surface area contributed by atoms with Crippen molar-refractivity contribution in [3.8, 4) is 5.75 Å². The third kappa shape index (κ3) is 4.30. The van der Waals surface area contributed by atoms with Gasteiger partial charge in [-0.2, -0.15) is 5.10 Å². The van der Waals surface area contributed by atoms with Crippen LogP contribution in [0, 0.1) is 12.8 Å². The Morgan fingerprint density at radius 2 is 2.04 bits per heavy atom. The predicted octanol–water partition coefficient (Wildman–Crippen LogP) is 5.64. The molecule has 0 fully saturated rings. The van der Waals surface area contributed by atoms with Crippen molar-refractivity contribution in [3.05, 3.63) is 47.8 Å². The Balaban J connectivity index is 2.13. The molecule has 3 aromatic rings. The molecular weight excluding hydrogens is 336 g/mol. The largest absolute Gasteiger partial charge is 0.493 e. The Morgan fingerprint density at radius 1 is 1.22 bits per heavy atom. The van der Waals surface area contributed by atoms with E-state index in [1.165, 1.54) is 0 Å². The Kier molecular flexibility index (Phi) is 5.79. The summed E-state index contributed by atoms with van der Waals surface area (Å²) in [7, 11) is 0. The summed E-state index contributed by atoms with van der Waals surface area (Å²) in [6.45, 7) is 13.2. The van der Waals surface area contributed by atoms with Crippen LogP contribution in [0.15, 0.2) is 30.8 Å². The molecule has 27 heavy (non-hydrogen) atoms. The van der Waals surface area contributed by atoms with Crippen molar-refractivity contribution >= 4 is 28.5 Å². The third-order valence-corrected chi connectivity index (χ3v) is 4.32. The number of rotatable bonds is 8. The molecule has 142 valence electrons. The SMILES string of the molecule is C=Cc1c(OCCC)ccc2c(CC(C)C)nc(Nc3cc(C)[nH]n3)cc12. The molecule has 0 amide bonds. The van der Waals surface area contributed by atoms with Crippen LogP contribution < -0.4 is 10.1 Å². The molecule has 0 aliphatic heterocycles. The molecule has 0 aliphatic carbocycles. The molecule has 0 atom stereocenters. The van der Waals surface area contributed by atoms with Gasteiger partial charge >= 0.3 is 0 Å². The first-order chi connectivity index (χ1) is 13.0. The number of fused-ring (bicyclic) bond motifs is 1. The summed E-state index contributed by atoms with van der Waals surface area (Å²) in [5.41, 5.74) is 3.08. The minimum Gasteiger partial charge on any atom is -0.493 e. The average Bonchev–Trinajstić information content (AvgIpc) is 3.03. The fourth-order valence-electron chi connectivity index (χ4n) is 3.17. The highest BCUT2D eigenvalue weighted by molar-refractivity contribution is 5.96. The Labute approximate surface area is 160 Å². The predicted molar refractivity (Wildman–Crippen MR) is 113 cm³/mol. The fraction of sp³-hybridized carbons (Fsp3) is 0.364. The van der Waals surface area contributed by atoms with E-state index in [-0.39, 0.29) is 0 Å². The van der Waals surface area contributed by atoms with Crippen molar-refractivity contribution in [1.82, 2.24) is 15.2 Å². The summed E-state index contributed by atoms with van der Waals surface area (Å²) in [4.78, 5) is 4.87. The van der Waals surface area contributed by atoms with Gasteiger partial charge in [-0.3, -0.25) is 5.10 Å². The van der Waals surface area contributed by atoms with Crippen LogP contribution in [0.1, 0.15) is 44.1 Å². The number of aromatic amines is 1. The molecule has 0 saturated heterocycles. The molecule has 0 aliphatic rings. The molecule has 1 aromatic carbocycles. The Hall–Kier alpha value is -2.82. The summed E-state index contributed by atoms with van der Waals surface area (Å²) in [5, 5.41) is 12.8. The van der Waals surface area contributed by atoms with Gasteiger partial charge in [-0.15, -0.1) is 0 Å². The van der Waals surface area contributed by atoms with Gasteiger partial charge in [0.1, 0.15) is 11.6 Å². The number of benzene rings is 1. The lowest BCUT2D eigenvalue weighted by atomic mass is 9.98. The number of aryl methyl sites for hydroxylation is 1. The first-order valence-electron chi connectivity index (χ1n) is 9.52. The zero-order chi connectivity index (χ0) is 19.4. The molecule has 0 saturated carbocycles. The van der Waals surface area contributed by atoms with E-state index in [2.05, 4.69) is 55.0 Å². The normalized spacial score (nSPS) is 11.1. The lowest BCUT2D eigenvalue weighted by Gasteiger charge is -2.16. The van der Waals surface area contributed by atoms with Crippen molar-refractivity contribution in [2.24, 2.45) is 5.92 Å². The first kappa shape index (κ1) is 19.0. The summed E-state index contributed by atoms with van der Waals surface area (Å²) in [5.74, 6) is 2.91. The summed E-state index contributed by atoms with van der Waals surface area (Å²) >= 11 is 0. The van der Waals surface area contributed by atoms with Gasteiger partial charge in [-0.05, 0) is 49.3 Å². The van der Waals surface area contributed by atoms with Gasteiger partial charge in [-0.1, -0.05) is 33.4 Å². The molecule has 5 heteroatoms. The van der Waals surface area contributed by atoms with Gasteiger partial charge in [0.05, 0.1) is 12.3 Å². The van der Waals surface area contributed by atoms with Gasteiger partial charge in [0.2, 0.25) is 0 Å². The second-order valence-electron chi connectivity index (χ2n) is 7.24. The molecule has 2 aromatic heterocycles. The van der Waals surface area contributed by atoms with Crippen LogP contribution in [0.2, 0.25) is 0 Å². The Morgan fingerprint density at radius 3 is 2.67 bits per heavy atom. The second kappa shape index (κ2) is 8.25. The summed E-state index contributed by atoms with van der Waals surface area (Å²) < 4.78 is 5.94. The Bertz CT molecular complexity index is 943. The van der Waals surface area contributed by atoms with Crippen LogP contribution in [-0.4, -0.2) is 21.8 Å². The molecule has 0 bridgehead atoms. The van der Waals surface area contributed by atoms with Crippen LogP contribution >= 0.6 is 0 Å². The molecule has 2 heterocycles. The van der Waals surface area contributed by atoms with Crippen molar-refractivity contribution in [1.29, 1.82) is 0 Å². The minimum atomic E-state index is 0.506. The van der Waals surface area contributed by atoms with Gasteiger partial charge in [0.15, 0.2) is 5.82 Å². The van der Waals surface area contributed by atoms with Crippen molar-refractivity contribution in [2.75, 3.05) is 11.9 Å². The molecule has 5 nitrogen and oxygen atoms in total. The van der Waals surface area contributed by atoms with Gasteiger partial charge in [-0.25, -0.2) is 4.98 Å². The quantitative estimate of drug-likeness (QED) is 0.543. The fourth-order valence-corrected chi connectivity index (χ4v) is 3.17. The average molecular weight is 364 g/mol. The monoisotopic (exact) mass is 364 g/mol. The lowest BCUT2D eigenvalue weighted by Crippen LogP contribution is -2.04. The van der Waals surface area contributed by atoms with E-state index in [9.17, 15) is 0 Å². The van der Waals surface area contributed by atoms with E-state index in [4.69, 9.17) is 9.72 Å². The molecule has 0 radical (unpaired) electrons. The second-order valence-corrected chi connectivity index (χ2v) is 7.24. The van der Waals surface area contributed by atoms with E-state index in [0.29, 0.717) is 12.5 Å². The zero-order valence-corrected chi connectivity index (χ0v) is 16.6. The topological polar surface area (TPSA) is 62.8 Å². The van der Waals surface area contributed by atoms with Gasteiger partial charge < -0.3 is 10.1 Å². The van der Waals surface area contributed by atoms with E-state index in [1.807, 2.05) is 25.1 Å². The van der Waals surface area contributed by atoms with Gasteiger partial charge in [0.25, 0.3) is 0 Å². The van der Waals surface area contributed by atoms with Crippen LogP contribution in [-0.2, 0) is 6.42 Å². The molecular formula is C22H28N4O. The minimum absolute atomic E-state index is 0.506. The number of nitrogens with zero attached hydrogens (tertiary/aromatic N) is 2. The number of pyridine rings is 1. The maximum atomic E-state index is 5.94. The van der Waals surface area contributed by atoms with E-state index >= 15 is 0 Å². The highest BCUT2D eigenvalue weighted by Gasteiger charge is 2.14. The van der Waals surface area contributed by atoms with Crippen LogP contribution in [0.3, 0.4) is 0 Å². The zero-order valence-electron chi connectivity index (χ0n) is 16.6.